The van der Waals surface area contributed by atoms with Gasteiger partial charge in [-0.2, -0.15) is 10.2 Å². The van der Waals surface area contributed by atoms with Crippen molar-refractivity contribution in [2.24, 2.45) is 5.10 Å². The number of carbonyl (C=O) groups excluding carboxylic acids is 1. The van der Waals surface area contributed by atoms with E-state index in [-0.39, 0.29) is 5.91 Å². The molecule has 108 valence electrons. The number of hydrazone groups is 1. The summed E-state index contributed by atoms with van der Waals surface area (Å²) in [5.74, 6) is 0.227. The molecular weight excluding hydrogens is 288 g/mol. The number of hydrogen-bond donors (Lipinski definition) is 2. The van der Waals surface area contributed by atoms with Crippen LogP contribution in [0.5, 0.6) is 0 Å². The van der Waals surface area contributed by atoms with Crippen LogP contribution in [0, 0.1) is 0 Å². The lowest BCUT2D eigenvalue weighted by Crippen LogP contribution is -2.19. The fourth-order valence-electron chi connectivity index (χ4n) is 2.00. The van der Waals surface area contributed by atoms with Gasteiger partial charge in [-0.3, -0.25) is 9.89 Å². The topological polar surface area (TPSA) is 70.1 Å². The lowest BCUT2D eigenvalue weighted by atomic mass is 10.1. The Labute approximate surface area is 127 Å². The molecule has 1 saturated carbocycles. The highest BCUT2D eigenvalue weighted by atomic mass is 35.5. The van der Waals surface area contributed by atoms with Crippen molar-refractivity contribution in [2.45, 2.75) is 25.7 Å². The summed E-state index contributed by atoms with van der Waals surface area (Å²) in [6.07, 6.45) is 2.33. The molecule has 6 heteroatoms. The first-order valence-corrected chi connectivity index (χ1v) is 7.17. The monoisotopic (exact) mass is 302 g/mol. The highest BCUT2D eigenvalue weighted by molar-refractivity contribution is 6.30. The Bertz CT molecular complexity index is 686. The molecule has 0 saturated heterocycles. The summed E-state index contributed by atoms with van der Waals surface area (Å²) in [6.45, 7) is 1.82. The van der Waals surface area contributed by atoms with E-state index < -0.39 is 0 Å². The molecule has 1 aliphatic carbocycles. The number of carbonyl (C=O) groups is 1. The minimum absolute atomic E-state index is 0.313. The second kappa shape index (κ2) is 5.69. The molecule has 2 N–H and O–H groups in total. The summed E-state index contributed by atoms with van der Waals surface area (Å²) in [4.78, 5) is 12.0. The van der Waals surface area contributed by atoms with Crippen molar-refractivity contribution < 1.29 is 4.79 Å². The van der Waals surface area contributed by atoms with E-state index in [2.05, 4.69) is 20.7 Å². The third-order valence-corrected chi connectivity index (χ3v) is 3.69. The molecule has 5 nitrogen and oxygen atoms in total. The number of hydrogen-bond acceptors (Lipinski definition) is 3. The molecular formula is C15H15ClN4O. The second-order valence-corrected chi connectivity index (χ2v) is 5.56. The molecule has 0 spiro atoms. The average Bonchev–Trinajstić information content (AvgIpc) is 3.22. The van der Waals surface area contributed by atoms with Gasteiger partial charge in [-0.25, -0.2) is 5.43 Å². The highest BCUT2D eigenvalue weighted by Gasteiger charge is 2.26. The van der Waals surface area contributed by atoms with E-state index in [4.69, 9.17) is 11.6 Å². The molecule has 1 aromatic carbocycles. The maximum Gasteiger partial charge on any atom is 0.291 e. The number of aromatic nitrogens is 2. The van der Waals surface area contributed by atoms with E-state index in [1.807, 2.05) is 19.1 Å². The molecule has 1 aliphatic rings. The maximum atomic E-state index is 12.0. The average molecular weight is 303 g/mol. The van der Waals surface area contributed by atoms with Crippen LogP contribution in [0.25, 0.3) is 0 Å². The van der Waals surface area contributed by atoms with E-state index in [0.29, 0.717) is 22.3 Å². The molecule has 1 amide bonds. The van der Waals surface area contributed by atoms with Crippen molar-refractivity contribution in [2.75, 3.05) is 0 Å². The third-order valence-electron chi connectivity index (χ3n) is 3.43. The van der Waals surface area contributed by atoms with Crippen LogP contribution in [-0.4, -0.2) is 21.8 Å². The Morgan fingerprint density at radius 1 is 1.38 bits per heavy atom. The molecule has 21 heavy (non-hydrogen) atoms. The molecule has 0 atom stereocenters. The fourth-order valence-corrected chi connectivity index (χ4v) is 2.13. The number of H-pyrrole nitrogens is 1. The van der Waals surface area contributed by atoms with Crippen LogP contribution < -0.4 is 5.43 Å². The van der Waals surface area contributed by atoms with E-state index in [9.17, 15) is 4.79 Å². The maximum absolute atomic E-state index is 12.0. The minimum Gasteiger partial charge on any atom is -0.281 e. The smallest absolute Gasteiger partial charge is 0.281 e. The number of amides is 1. The predicted octanol–water partition coefficient (Wildman–Crippen LogP) is 3.09. The summed E-state index contributed by atoms with van der Waals surface area (Å²) >= 11 is 5.84. The van der Waals surface area contributed by atoms with Crippen molar-refractivity contribution in [3.63, 3.8) is 0 Å². The highest BCUT2D eigenvalue weighted by Crippen LogP contribution is 2.38. The van der Waals surface area contributed by atoms with E-state index in [1.165, 1.54) is 0 Å². The van der Waals surface area contributed by atoms with Gasteiger partial charge in [0.1, 0.15) is 0 Å². The number of nitrogens with one attached hydrogen (secondary N) is 2. The Morgan fingerprint density at radius 2 is 2.10 bits per heavy atom. The second-order valence-electron chi connectivity index (χ2n) is 5.13. The first kappa shape index (κ1) is 13.8. The number of benzene rings is 1. The van der Waals surface area contributed by atoms with Crippen molar-refractivity contribution in [3.8, 4) is 0 Å². The number of rotatable bonds is 4. The summed E-state index contributed by atoms with van der Waals surface area (Å²) in [7, 11) is 0. The Balaban J connectivity index is 1.65. The summed E-state index contributed by atoms with van der Waals surface area (Å²) < 4.78 is 0. The van der Waals surface area contributed by atoms with Gasteiger partial charge in [-0.15, -0.1) is 0 Å². The Kier molecular flexibility index (Phi) is 3.75. The summed E-state index contributed by atoms with van der Waals surface area (Å²) in [5.41, 5.74) is 5.52. The van der Waals surface area contributed by atoms with E-state index >= 15 is 0 Å². The van der Waals surface area contributed by atoms with Gasteiger partial charge in [-0.05, 0) is 43.5 Å². The molecule has 1 fully saturated rings. The summed E-state index contributed by atoms with van der Waals surface area (Å²) in [5, 5.41) is 11.7. The molecule has 1 heterocycles. The minimum atomic E-state index is -0.313. The first-order chi connectivity index (χ1) is 10.1. The number of nitrogens with zero attached hydrogens (tertiary/aromatic N) is 2. The Hall–Kier alpha value is -2.14. The van der Waals surface area contributed by atoms with Gasteiger partial charge in [0.25, 0.3) is 5.91 Å². The lowest BCUT2D eigenvalue weighted by Gasteiger charge is -2.01. The fraction of sp³-hybridized carbons (Fsp3) is 0.267. The predicted molar refractivity (Wildman–Crippen MR) is 81.7 cm³/mol. The van der Waals surface area contributed by atoms with Crippen molar-refractivity contribution in [3.05, 3.63) is 52.3 Å². The van der Waals surface area contributed by atoms with Crippen LogP contribution in [0.15, 0.2) is 35.4 Å². The van der Waals surface area contributed by atoms with Gasteiger partial charge in [0, 0.05) is 16.6 Å². The van der Waals surface area contributed by atoms with Crippen molar-refractivity contribution in [1.82, 2.24) is 15.6 Å². The van der Waals surface area contributed by atoms with Crippen molar-refractivity contribution in [1.29, 1.82) is 0 Å². The Morgan fingerprint density at radius 3 is 2.76 bits per heavy atom. The first-order valence-electron chi connectivity index (χ1n) is 6.79. The van der Waals surface area contributed by atoms with Gasteiger partial charge in [0.15, 0.2) is 5.69 Å². The van der Waals surface area contributed by atoms with Gasteiger partial charge in [0.2, 0.25) is 0 Å². The van der Waals surface area contributed by atoms with Crippen LogP contribution in [0.2, 0.25) is 5.02 Å². The lowest BCUT2D eigenvalue weighted by molar-refractivity contribution is 0.0950. The van der Waals surface area contributed by atoms with Crippen LogP contribution >= 0.6 is 11.6 Å². The van der Waals surface area contributed by atoms with E-state index in [1.54, 1.807) is 18.2 Å². The molecule has 0 unspecified atom stereocenters. The quantitative estimate of drug-likeness (QED) is 0.673. The number of aromatic amines is 1. The van der Waals surface area contributed by atoms with Gasteiger partial charge >= 0.3 is 0 Å². The van der Waals surface area contributed by atoms with E-state index in [0.717, 1.165) is 24.1 Å². The van der Waals surface area contributed by atoms with Crippen LogP contribution in [0.1, 0.15) is 47.4 Å². The van der Waals surface area contributed by atoms with Gasteiger partial charge in [0.05, 0.1) is 5.71 Å². The zero-order chi connectivity index (χ0) is 14.8. The normalized spacial score (nSPS) is 15.0. The molecule has 0 aliphatic heterocycles. The van der Waals surface area contributed by atoms with Crippen LogP contribution in [0.4, 0.5) is 0 Å². The van der Waals surface area contributed by atoms with Crippen molar-refractivity contribution >= 4 is 23.2 Å². The molecule has 3 rings (SSSR count). The van der Waals surface area contributed by atoms with Crippen LogP contribution in [0.3, 0.4) is 0 Å². The summed E-state index contributed by atoms with van der Waals surface area (Å²) in [6, 6.07) is 9.07. The SMILES string of the molecule is CC(=NNC(=O)c1cc(C2CC2)[nH]n1)c1ccc(Cl)cc1. The van der Waals surface area contributed by atoms with Gasteiger partial charge < -0.3 is 0 Å². The zero-order valence-corrected chi connectivity index (χ0v) is 12.3. The number of halogens is 1. The standard InChI is InChI=1S/C15H15ClN4O/c1-9(10-4-6-12(16)7-5-10)17-20-15(21)14-8-13(18-19-14)11-2-3-11/h4-8,11H,2-3H2,1H3,(H,18,19)(H,20,21). The molecule has 1 aromatic heterocycles. The molecule has 2 aromatic rings. The third kappa shape index (κ3) is 3.31. The largest absolute Gasteiger partial charge is 0.291 e. The van der Waals surface area contributed by atoms with Gasteiger partial charge in [-0.1, -0.05) is 23.7 Å². The molecule has 0 bridgehead atoms. The zero-order valence-electron chi connectivity index (χ0n) is 11.6. The molecule has 0 radical (unpaired) electrons. The van der Waals surface area contributed by atoms with Crippen LogP contribution in [-0.2, 0) is 0 Å².